The van der Waals surface area contributed by atoms with Crippen LogP contribution < -0.4 is 4.90 Å². The molecule has 0 radical (unpaired) electrons. The zero-order chi connectivity index (χ0) is 15.2. The van der Waals surface area contributed by atoms with Crippen LogP contribution in [0.15, 0.2) is 24.5 Å². The number of rotatable bonds is 3. The Kier molecular flexibility index (Phi) is 2.86. The molecule has 1 aliphatic carbocycles. The largest absolute Gasteiger partial charge is 0.354 e. The van der Waals surface area contributed by atoms with Crippen LogP contribution in [0.2, 0.25) is 0 Å². The van der Waals surface area contributed by atoms with Crippen LogP contribution in [-0.4, -0.2) is 42.9 Å². The minimum atomic E-state index is 0.445. The highest BCUT2D eigenvalue weighted by Crippen LogP contribution is 2.39. The van der Waals surface area contributed by atoms with Gasteiger partial charge in [0.25, 0.3) is 0 Å². The van der Waals surface area contributed by atoms with E-state index in [1.54, 1.807) is 0 Å². The molecule has 1 saturated heterocycles. The van der Waals surface area contributed by atoms with Gasteiger partial charge in [-0.1, -0.05) is 0 Å². The van der Waals surface area contributed by atoms with Crippen molar-refractivity contribution in [1.82, 2.24) is 29.8 Å². The molecule has 7 heteroatoms. The standard InChI is InChI=1S/C16H19N7/c1-2-12(15-17-7-8-18-15)10-22(9-1)14-6-5-13-19-20-16(11-3-4-11)23(13)21-14/h5-8,11-12H,1-4,9-10H2,(H,17,18). The van der Waals surface area contributed by atoms with Crippen LogP contribution >= 0.6 is 0 Å². The van der Waals surface area contributed by atoms with E-state index in [-0.39, 0.29) is 0 Å². The monoisotopic (exact) mass is 309 g/mol. The van der Waals surface area contributed by atoms with Gasteiger partial charge in [0.05, 0.1) is 0 Å². The van der Waals surface area contributed by atoms with Gasteiger partial charge in [0, 0.05) is 37.3 Å². The Hall–Kier alpha value is -2.44. The highest BCUT2D eigenvalue weighted by atomic mass is 15.4. The van der Waals surface area contributed by atoms with E-state index in [1.165, 1.54) is 19.3 Å². The van der Waals surface area contributed by atoms with Gasteiger partial charge in [-0.25, -0.2) is 4.98 Å². The van der Waals surface area contributed by atoms with Gasteiger partial charge < -0.3 is 9.88 Å². The van der Waals surface area contributed by atoms with Gasteiger partial charge in [-0.15, -0.1) is 15.3 Å². The van der Waals surface area contributed by atoms with Crippen molar-refractivity contribution in [2.75, 3.05) is 18.0 Å². The molecule has 0 spiro atoms. The van der Waals surface area contributed by atoms with Crippen molar-refractivity contribution in [2.45, 2.75) is 37.5 Å². The van der Waals surface area contributed by atoms with E-state index in [0.717, 1.165) is 42.6 Å². The highest BCUT2D eigenvalue weighted by Gasteiger charge is 2.30. The van der Waals surface area contributed by atoms with Crippen molar-refractivity contribution in [3.05, 3.63) is 36.2 Å². The highest BCUT2D eigenvalue weighted by molar-refractivity contribution is 5.46. The number of nitrogens with zero attached hydrogens (tertiary/aromatic N) is 6. The molecule has 3 aromatic rings. The summed E-state index contributed by atoms with van der Waals surface area (Å²) in [5.74, 6) is 4.10. The zero-order valence-corrected chi connectivity index (χ0v) is 12.9. The smallest absolute Gasteiger partial charge is 0.178 e. The van der Waals surface area contributed by atoms with E-state index >= 15 is 0 Å². The van der Waals surface area contributed by atoms with Crippen molar-refractivity contribution in [2.24, 2.45) is 0 Å². The van der Waals surface area contributed by atoms with E-state index in [2.05, 4.69) is 31.1 Å². The van der Waals surface area contributed by atoms with E-state index in [4.69, 9.17) is 5.10 Å². The topological polar surface area (TPSA) is 75.0 Å². The lowest BCUT2D eigenvalue weighted by molar-refractivity contribution is 0.489. The van der Waals surface area contributed by atoms with Crippen molar-refractivity contribution in [3.8, 4) is 0 Å². The Bertz CT molecular complexity index is 818. The molecule has 0 aromatic carbocycles. The third kappa shape index (κ3) is 2.27. The molecule has 1 unspecified atom stereocenters. The number of aromatic nitrogens is 6. The quantitative estimate of drug-likeness (QED) is 0.802. The molecular weight excluding hydrogens is 290 g/mol. The second-order valence-corrected chi connectivity index (χ2v) is 6.55. The zero-order valence-electron chi connectivity index (χ0n) is 12.9. The first-order valence-electron chi connectivity index (χ1n) is 8.35. The first-order valence-corrected chi connectivity index (χ1v) is 8.35. The average molecular weight is 309 g/mol. The fraction of sp³-hybridized carbons (Fsp3) is 0.500. The van der Waals surface area contributed by atoms with Crippen molar-refractivity contribution < 1.29 is 0 Å². The third-order valence-corrected chi connectivity index (χ3v) is 4.87. The molecular formula is C16H19N7. The summed E-state index contributed by atoms with van der Waals surface area (Å²) in [5, 5.41) is 13.4. The average Bonchev–Trinajstić information content (AvgIpc) is 3.14. The van der Waals surface area contributed by atoms with Gasteiger partial charge in [-0.3, -0.25) is 0 Å². The molecule has 1 saturated carbocycles. The van der Waals surface area contributed by atoms with Crippen LogP contribution in [0.4, 0.5) is 5.82 Å². The fourth-order valence-corrected chi connectivity index (χ4v) is 3.47. The second-order valence-electron chi connectivity index (χ2n) is 6.55. The summed E-state index contributed by atoms with van der Waals surface area (Å²) in [4.78, 5) is 10.0. The Morgan fingerprint density at radius 3 is 2.87 bits per heavy atom. The third-order valence-electron chi connectivity index (χ3n) is 4.87. The lowest BCUT2D eigenvalue weighted by Crippen LogP contribution is -2.35. The van der Waals surface area contributed by atoms with E-state index in [1.807, 2.05) is 23.0 Å². The molecule has 118 valence electrons. The Morgan fingerprint density at radius 2 is 2.04 bits per heavy atom. The number of H-pyrrole nitrogens is 1. The summed E-state index contributed by atoms with van der Waals surface area (Å²) in [6.45, 7) is 1.99. The fourth-order valence-electron chi connectivity index (χ4n) is 3.47. The number of fused-ring (bicyclic) bond motifs is 1. The molecule has 23 heavy (non-hydrogen) atoms. The van der Waals surface area contributed by atoms with Crippen molar-refractivity contribution in [1.29, 1.82) is 0 Å². The lowest BCUT2D eigenvalue weighted by atomic mass is 9.97. The van der Waals surface area contributed by atoms with Crippen LogP contribution in [0.5, 0.6) is 0 Å². The molecule has 0 bridgehead atoms. The number of hydrogen-bond acceptors (Lipinski definition) is 5. The molecule has 1 atom stereocenters. The summed E-state index contributed by atoms with van der Waals surface area (Å²) >= 11 is 0. The summed E-state index contributed by atoms with van der Waals surface area (Å²) in [5.41, 5.74) is 0.843. The number of nitrogens with one attached hydrogen (secondary N) is 1. The lowest BCUT2D eigenvalue weighted by Gasteiger charge is -2.32. The minimum Gasteiger partial charge on any atom is -0.354 e. The number of imidazole rings is 1. The molecule has 1 N–H and O–H groups in total. The van der Waals surface area contributed by atoms with Crippen LogP contribution in [0, 0.1) is 0 Å². The van der Waals surface area contributed by atoms with Crippen molar-refractivity contribution >= 4 is 11.5 Å². The molecule has 3 aromatic heterocycles. The molecule has 4 heterocycles. The molecule has 2 aliphatic rings. The minimum absolute atomic E-state index is 0.445. The predicted octanol–water partition coefficient (Wildman–Crippen LogP) is 2.11. The van der Waals surface area contributed by atoms with E-state index in [0.29, 0.717) is 11.8 Å². The van der Waals surface area contributed by atoms with Gasteiger partial charge >= 0.3 is 0 Å². The van der Waals surface area contributed by atoms with E-state index in [9.17, 15) is 0 Å². The molecule has 1 aliphatic heterocycles. The SMILES string of the molecule is c1c[nH]c(C2CCCN(c3ccc4nnc(C5CC5)n4n3)C2)n1. The summed E-state index contributed by atoms with van der Waals surface area (Å²) in [7, 11) is 0. The van der Waals surface area contributed by atoms with Gasteiger partial charge in [-0.05, 0) is 37.8 Å². The Morgan fingerprint density at radius 1 is 1.09 bits per heavy atom. The van der Waals surface area contributed by atoms with Gasteiger partial charge in [0.1, 0.15) is 11.6 Å². The van der Waals surface area contributed by atoms with E-state index < -0.39 is 0 Å². The summed E-state index contributed by atoms with van der Waals surface area (Å²) in [6.07, 6.45) is 8.47. The number of aromatic amines is 1. The maximum Gasteiger partial charge on any atom is 0.178 e. The van der Waals surface area contributed by atoms with Gasteiger partial charge in [0.15, 0.2) is 11.5 Å². The van der Waals surface area contributed by atoms with Crippen LogP contribution in [0.1, 0.15) is 49.2 Å². The van der Waals surface area contributed by atoms with Gasteiger partial charge in [-0.2, -0.15) is 4.52 Å². The number of piperidine rings is 1. The maximum absolute atomic E-state index is 4.82. The maximum atomic E-state index is 4.82. The Labute approximate surface area is 133 Å². The summed E-state index contributed by atoms with van der Waals surface area (Å²) in [6, 6.07) is 4.09. The van der Waals surface area contributed by atoms with Crippen molar-refractivity contribution in [3.63, 3.8) is 0 Å². The first-order chi connectivity index (χ1) is 11.4. The normalized spacial score (nSPS) is 21.9. The molecule has 5 rings (SSSR count). The summed E-state index contributed by atoms with van der Waals surface area (Å²) < 4.78 is 1.93. The molecule has 0 amide bonds. The van der Waals surface area contributed by atoms with Crippen LogP contribution in [0.25, 0.3) is 5.65 Å². The molecule has 2 fully saturated rings. The van der Waals surface area contributed by atoms with Crippen LogP contribution in [0.3, 0.4) is 0 Å². The predicted molar refractivity (Wildman–Crippen MR) is 85.5 cm³/mol. The number of anilines is 1. The second kappa shape index (κ2) is 5.04. The Balaban J connectivity index is 1.46. The number of hydrogen-bond donors (Lipinski definition) is 1. The van der Waals surface area contributed by atoms with Gasteiger partial charge in [0.2, 0.25) is 0 Å². The first kappa shape index (κ1) is 13.0. The molecule has 7 nitrogen and oxygen atoms in total. The van der Waals surface area contributed by atoms with Crippen LogP contribution in [-0.2, 0) is 0 Å².